The summed E-state index contributed by atoms with van der Waals surface area (Å²) in [5.74, 6) is 0.867. The molecule has 2 saturated heterocycles. The Kier molecular flexibility index (Phi) is 8.88. The highest BCUT2D eigenvalue weighted by molar-refractivity contribution is 7.86. The van der Waals surface area contributed by atoms with Crippen molar-refractivity contribution in [1.29, 1.82) is 0 Å². The Morgan fingerprint density at radius 1 is 1.00 bits per heavy atom. The molecular formula is C38H36ClF2N5O4S. The number of carbonyl (C=O) groups excluding carboxylic acids is 1. The zero-order chi connectivity index (χ0) is 35.4. The Hall–Kier alpha value is -4.26. The van der Waals surface area contributed by atoms with E-state index in [1.165, 1.54) is 31.4 Å². The predicted octanol–water partition coefficient (Wildman–Crippen LogP) is 7.50. The molecule has 4 atom stereocenters. The van der Waals surface area contributed by atoms with Gasteiger partial charge in [0, 0.05) is 59.8 Å². The van der Waals surface area contributed by atoms with Crippen LogP contribution in [-0.2, 0) is 10.2 Å². The quantitative estimate of drug-likeness (QED) is 0.113. The second-order valence-corrected chi connectivity index (χ2v) is 16.0. The summed E-state index contributed by atoms with van der Waals surface area (Å²) in [5.41, 5.74) is 0.999. The van der Waals surface area contributed by atoms with Crippen LogP contribution >= 0.6 is 11.6 Å². The van der Waals surface area contributed by atoms with Crippen LogP contribution in [0, 0.1) is 23.6 Å². The summed E-state index contributed by atoms with van der Waals surface area (Å²) in [6.07, 6.45) is 5.99. The molecule has 0 N–H and O–H groups in total. The molecule has 3 aromatic carbocycles. The van der Waals surface area contributed by atoms with E-state index in [4.69, 9.17) is 21.3 Å². The molecule has 1 aliphatic carbocycles. The van der Waals surface area contributed by atoms with Crippen molar-refractivity contribution < 1.29 is 26.2 Å². The number of carbonyl (C=O) groups is 1. The molecule has 0 amide bonds. The first-order chi connectivity index (χ1) is 24.5. The van der Waals surface area contributed by atoms with E-state index >= 15 is 4.39 Å². The molecule has 13 heteroatoms. The summed E-state index contributed by atoms with van der Waals surface area (Å²) in [6, 6.07) is 16.2. The number of hydrogen-bond acceptors (Lipinski definition) is 9. The standard InChI is InChI=1S/C38H36ClF2N5O4S/c1-45-18-24(15-32(47)26-7-2-8-28(16-26)51(41,48)49)14-27(45)21-50-38-43-36-30(37(44-38)46-19-22-11-12-23(13-22)20-46)17-42-35(34(36)40)29-9-3-5-25-6-4-10-31(39)33(25)29/h2-10,16-17,22-24,27H,11-15,18-21H2,1H3/t22?,23?,24-,27-/m0/s1. The average molecular weight is 732 g/mol. The molecule has 51 heavy (non-hydrogen) atoms. The van der Waals surface area contributed by atoms with E-state index in [9.17, 15) is 17.1 Å². The largest absolute Gasteiger partial charge is 0.462 e. The Morgan fingerprint density at radius 2 is 1.75 bits per heavy atom. The molecule has 264 valence electrons. The first-order valence-electron chi connectivity index (χ1n) is 17.2. The van der Waals surface area contributed by atoms with Crippen LogP contribution in [0.4, 0.5) is 14.1 Å². The van der Waals surface area contributed by atoms with Gasteiger partial charge in [-0.15, -0.1) is 3.89 Å². The summed E-state index contributed by atoms with van der Waals surface area (Å²) in [6.45, 7) is 2.47. The molecule has 4 heterocycles. The van der Waals surface area contributed by atoms with E-state index in [1.54, 1.807) is 12.3 Å². The van der Waals surface area contributed by atoms with E-state index < -0.39 is 20.9 Å². The van der Waals surface area contributed by atoms with E-state index in [0.717, 1.165) is 30.6 Å². The summed E-state index contributed by atoms with van der Waals surface area (Å²) < 4.78 is 59.3. The van der Waals surface area contributed by atoms with Crippen molar-refractivity contribution in [2.45, 2.75) is 43.0 Å². The molecule has 2 bridgehead atoms. The number of likely N-dealkylation sites (tertiary alicyclic amines) is 1. The van der Waals surface area contributed by atoms with Crippen molar-refractivity contribution >= 4 is 55.1 Å². The molecule has 2 aromatic heterocycles. The van der Waals surface area contributed by atoms with Gasteiger partial charge in [-0.3, -0.25) is 14.7 Å². The minimum atomic E-state index is -4.92. The predicted molar refractivity (Wildman–Crippen MR) is 192 cm³/mol. The highest BCUT2D eigenvalue weighted by Gasteiger charge is 2.36. The maximum Gasteiger partial charge on any atom is 0.332 e. The van der Waals surface area contributed by atoms with Gasteiger partial charge in [0.05, 0.1) is 10.3 Å². The van der Waals surface area contributed by atoms with Crippen LogP contribution in [0.2, 0.25) is 5.02 Å². The lowest BCUT2D eigenvalue weighted by atomic mass is 9.96. The summed E-state index contributed by atoms with van der Waals surface area (Å²) in [4.78, 5) is 31.0. The van der Waals surface area contributed by atoms with Gasteiger partial charge in [-0.2, -0.15) is 18.4 Å². The highest BCUT2D eigenvalue weighted by atomic mass is 35.5. The van der Waals surface area contributed by atoms with Crippen LogP contribution in [0.3, 0.4) is 0 Å². The summed E-state index contributed by atoms with van der Waals surface area (Å²) in [7, 11) is -2.98. The van der Waals surface area contributed by atoms with Gasteiger partial charge in [-0.25, -0.2) is 4.39 Å². The zero-order valence-electron chi connectivity index (χ0n) is 27.9. The van der Waals surface area contributed by atoms with Crippen molar-refractivity contribution in [2.75, 3.05) is 38.2 Å². The van der Waals surface area contributed by atoms with Crippen molar-refractivity contribution in [2.24, 2.45) is 17.8 Å². The number of rotatable bonds is 9. The lowest BCUT2D eigenvalue weighted by Crippen LogP contribution is -2.37. The van der Waals surface area contributed by atoms with Gasteiger partial charge < -0.3 is 9.64 Å². The number of fused-ring (bicyclic) bond motifs is 4. The highest BCUT2D eigenvalue weighted by Crippen LogP contribution is 2.41. The number of piperidine rings is 1. The number of pyridine rings is 1. The first-order valence-corrected chi connectivity index (χ1v) is 19.0. The smallest absolute Gasteiger partial charge is 0.332 e. The van der Waals surface area contributed by atoms with Gasteiger partial charge in [-0.1, -0.05) is 54.1 Å². The van der Waals surface area contributed by atoms with Gasteiger partial charge in [0.2, 0.25) is 0 Å². The molecule has 1 saturated carbocycles. The van der Waals surface area contributed by atoms with Gasteiger partial charge in [-0.05, 0) is 74.1 Å². The monoisotopic (exact) mass is 731 g/mol. The summed E-state index contributed by atoms with van der Waals surface area (Å²) in [5, 5.41) is 2.61. The first kappa shape index (κ1) is 33.9. The fraction of sp³-hybridized carbons (Fsp3) is 0.368. The average Bonchev–Trinajstić information content (AvgIpc) is 3.65. The maximum absolute atomic E-state index is 16.7. The number of ether oxygens (including phenoxy) is 1. The van der Waals surface area contributed by atoms with Crippen LogP contribution in [0.25, 0.3) is 32.9 Å². The van der Waals surface area contributed by atoms with Crippen molar-refractivity contribution in [3.05, 3.63) is 83.3 Å². The number of anilines is 1. The van der Waals surface area contributed by atoms with E-state index in [1.807, 2.05) is 37.4 Å². The normalized spacial score (nSPS) is 22.2. The summed E-state index contributed by atoms with van der Waals surface area (Å²) >= 11 is 6.61. The number of halogens is 3. The lowest BCUT2D eigenvalue weighted by molar-refractivity contribution is 0.0962. The van der Waals surface area contributed by atoms with E-state index in [0.29, 0.717) is 52.0 Å². The molecule has 0 spiro atoms. The minimum Gasteiger partial charge on any atom is -0.462 e. The van der Waals surface area contributed by atoms with Crippen molar-refractivity contribution in [3.8, 4) is 17.3 Å². The molecule has 3 aliphatic rings. The molecule has 9 nitrogen and oxygen atoms in total. The number of Topliss-reactive ketones (excluding diaryl/α,β-unsaturated/α-hetero) is 1. The molecular weight excluding hydrogens is 696 g/mol. The third-order valence-electron chi connectivity index (χ3n) is 10.8. The van der Waals surface area contributed by atoms with Gasteiger partial charge >= 0.3 is 16.2 Å². The lowest BCUT2D eigenvalue weighted by Gasteiger charge is -2.33. The Labute approximate surface area is 299 Å². The molecule has 2 unspecified atom stereocenters. The number of likely N-dealkylation sites (N-methyl/N-ethyl adjacent to an activating group) is 1. The van der Waals surface area contributed by atoms with Crippen LogP contribution < -0.4 is 9.64 Å². The van der Waals surface area contributed by atoms with Crippen molar-refractivity contribution in [3.63, 3.8) is 0 Å². The Bertz CT molecular complexity index is 2280. The van der Waals surface area contributed by atoms with Gasteiger partial charge in [0.15, 0.2) is 11.6 Å². The molecule has 0 radical (unpaired) electrons. The second kappa shape index (κ2) is 13.4. The zero-order valence-corrected chi connectivity index (χ0v) is 29.5. The Morgan fingerprint density at radius 3 is 2.51 bits per heavy atom. The topological polar surface area (TPSA) is 106 Å². The maximum atomic E-state index is 16.7. The number of benzene rings is 3. The van der Waals surface area contributed by atoms with Crippen molar-refractivity contribution in [1.82, 2.24) is 19.9 Å². The van der Waals surface area contributed by atoms with Gasteiger partial charge in [0.1, 0.15) is 23.6 Å². The Balaban J connectivity index is 1.07. The van der Waals surface area contributed by atoms with Crippen LogP contribution in [0.1, 0.15) is 42.5 Å². The van der Waals surface area contributed by atoms with E-state index in [2.05, 4.69) is 19.8 Å². The van der Waals surface area contributed by atoms with Gasteiger partial charge in [0.25, 0.3) is 0 Å². The molecule has 8 rings (SSSR count). The van der Waals surface area contributed by atoms with Crippen LogP contribution in [0.5, 0.6) is 6.01 Å². The van der Waals surface area contributed by atoms with Crippen LogP contribution in [-0.4, -0.2) is 73.4 Å². The minimum absolute atomic E-state index is 0.0303. The SMILES string of the molecule is CN1C[C@H](CC(=O)c2cccc(S(=O)(=O)F)c2)C[C@H]1COc1nc(N2CC3CCC(C3)C2)c2cnc(-c3cccc4cccc(Cl)c34)c(F)c2n1. The second-order valence-electron chi connectivity index (χ2n) is 14.2. The third kappa shape index (κ3) is 6.65. The number of hydrogen-bond donors (Lipinski definition) is 0. The fourth-order valence-corrected chi connectivity index (χ4v) is 9.09. The third-order valence-corrected chi connectivity index (χ3v) is 11.9. The van der Waals surface area contributed by atoms with E-state index in [-0.39, 0.29) is 53.6 Å². The molecule has 2 aliphatic heterocycles. The number of ketones is 1. The molecule has 3 fully saturated rings. The fourth-order valence-electron chi connectivity index (χ4n) is 8.30. The number of aromatic nitrogens is 3. The van der Waals surface area contributed by atoms with Crippen LogP contribution in [0.15, 0.2) is 71.8 Å². The number of nitrogens with zero attached hydrogens (tertiary/aromatic N) is 5. The molecule has 5 aromatic rings.